The Hall–Kier alpha value is -2.49. The monoisotopic (exact) mass is 557 g/mol. The second kappa shape index (κ2) is 12.2. The maximum atomic E-state index is 13.7. The number of carbonyl (C=O) groups is 2. The predicted octanol–water partition coefficient (Wildman–Crippen LogP) is 4.49. The first kappa shape index (κ1) is 29.7. The van der Waals surface area contributed by atoms with Crippen molar-refractivity contribution in [2.45, 2.75) is 52.2 Å². The molecule has 0 saturated carbocycles. The Morgan fingerprint density at radius 3 is 2.19 bits per heavy atom. The number of hydrogen-bond donors (Lipinski definition) is 1. The Bertz CT molecular complexity index is 1180. The maximum Gasteiger partial charge on any atom is 0.244 e. The van der Waals surface area contributed by atoms with E-state index < -0.39 is 34.1 Å². The van der Waals surface area contributed by atoms with E-state index in [9.17, 15) is 18.0 Å². The Kier molecular flexibility index (Phi) is 10.0. The largest absolute Gasteiger partial charge is 0.497 e. The van der Waals surface area contributed by atoms with Gasteiger partial charge < -0.3 is 15.0 Å². The third kappa shape index (κ3) is 8.57. The molecule has 11 heteroatoms. The van der Waals surface area contributed by atoms with Crippen molar-refractivity contribution in [2.75, 3.05) is 24.2 Å². The number of sulfonamides is 1. The molecule has 0 heterocycles. The molecule has 0 radical (unpaired) electrons. The fourth-order valence-electron chi connectivity index (χ4n) is 3.64. The number of amides is 2. The molecule has 8 nitrogen and oxygen atoms in total. The summed E-state index contributed by atoms with van der Waals surface area (Å²) in [5.74, 6) is -0.299. The Balaban J connectivity index is 2.51. The van der Waals surface area contributed by atoms with Crippen LogP contribution in [0.4, 0.5) is 5.69 Å². The van der Waals surface area contributed by atoms with Crippen LogP contribution in [0.2, 0.25) is 10.0 Å². The lowest BCUT2D eigenvalue weighted by Crippen LogP contribution is -2.55. The molecule has 2 amide bonds. The highest BCUT2D eigenvalue weighted by atomic mass is 35.5. The summed E-state index contributed by atoms with van der Waals surface area (Å²) in [6.45, 7) is 6.86. The molecular formula is C25H33Cl2N3O5S. The molecule has 0 fully saturated rings. The molecule has 0 aliphatic carbocycles. The number of nitrogens with one attached hydrogen (secondary N) is 1. The number of rotatable bonds is 10. The van der Waals surface area contributed by atoms with Crippen LogP contribution in [-0.4, -0.2) is 56.6 Å². The van der Waals surface area contributed by atoms with Gasteiger partial charge in [0.25, 0.3) is 0 Å². The van der Waals surface area contributed by atoms with Gasteiger partial charge in [-0.1, -0.05) is 42.3 Å². The zero-order chi connectivity index (χ0) is 27.3. The summed E-state index contributed by atoms with van der Waals surface area (Å²) in [5.41, 5.74) is 0.351. The van der Waals surface area contributed by atoms with Crippen molar-refractivity contribution >= 4 is 50.7 Å². The summed E-state index contributed by atoms with van der Waals surface area (Å²) < 4.78 is 31.6. The molecule has 36 heavy (non-hydrogen) atoms. The van der Waals surface area contributed by atoms with Gasteiger partial charge in [-0.05, 0) is 63.1 Å². The second-order valence-electron chi connectivity index (χ2n) is 9.43. The Morgan fingerprint density at radius 2 is 1.69 bits per heavy atom. The van der Waals surface area contributed by atoms with Crippen molar-refractivity contribution < 1.29 is 22.7 Å². The average Bonchev–Trinajstić information content (AvgIpc) is 2.74. The number of carbonyl (C=O) groups excluding carboxylic acids is 2. The zero-order valence-electron chi connectivity index (χ0n) is 21.3. The Labute approximate surface area is 223 Å². The highest BCUT2D eigenvalue weighted by Gasteiger charge is 2.33. The molecule has 0 aliphatic heterocycles. The van der Waals surface area contributed by atoms with Gasteiger partial charge in [0.1, 0.15) is 18.3 Å². The number of hydrogen-bond acceptors (Lipinski definition) is 5. The zero-order valence-corrected chi connectivity index (χ0v) is 23.7. The van der Waals surface area contributed by atoms with Crippen LogP contribution >= 0.6 is 23.2 Å². The van der Waals surface area contributed by atoms with E-state index in [1.165, 1.54) is 30.2 Å². The summed E-state index contributed by atoms with van der Waals surface area (Å²) in [7, 11) is -2.36. The first-order chi connectivity index (χ1) is 16.6. The van der Waals surface area contributed by atoms with Crippen LogP contribution in [0.1, 0.15) is 39.7 Å². The molecule has 2 aromatic rings. The molecule has 0 saturated heterocycles. The van der Waals surface area contributed by atoms with Gasteiger partial charge in [-0.25, -0.2) is 8.42 Å². The van der Waals surface area contributed by atoms with Gasteiger partial charge in [0.15, 0.2) is 0 Å². The van der Waals surface area contributed by atoms with Crippen LogP contribution in [-0.2, 0) is 26.2 Å². The number of halogens is 2. The normalized spacial score (nSPS) is 12.6. The van der Waals surface area contributed by atoms with E-state index in [2.05, 4.69) is 5.32 Å². The van der Waals surface area contributed by atoms with Crippen LogP contribution in [0, 0.1) is 0 Å². The molecule has 0 bridgehead atoms. The van der Waals surface area contributed by atoms with E-state index in [1.54, 1.807) is 25.1 Å². The van der Waals surface area contributed by atoms with Crippen molar-refractivity contribution in [3.63, 3.8) is 0 Å². The number of methoxy groups -OCH3 is 1. The molecule has 1 N–H and O–H groups in total. The third-order valence-electron chi connectivity index (χ3n) is 5.19. The van der Waals surface area contributed by atoms with Gasteiger partial charge in [-0.15, -0.1) is 0 Å². The van der Waals surface area contributed by atoms with Crippen molar-refractivity contribution in [2.24, 2.45) is 0 Å². The molecule has 0 aromatic heterocycles. The highest BCUT2D eigenvalue weighted by Crippen LogP contribution is 2.27. The quantitative estimate of drug-likeness (QED) is 0.464. The van der Waals surface area contributed by atoms with Crippen LogP contribution in [0.5, 0.6) is 5.75 Å². The number of anilines is 1. The van der Waals surface area contributed by atoms with Crippen molar-refractivity contribution in [3.8, 4) is 5.75 Å². The van der Waals surface area contributed by atoms with E-state index in [0.717, 1.165) is 16.1 Å². The molecule has 198 valence electrons. The van der Waals surface area contributed by atoms with Crippen molar-refractivity contribution in [3.05, 3.63) is 58.1 Å². The lowest BCUT2D eigenvalue weighted by atomic mass is 10.1. The van der Waals surface area contributed by atoms with E-state index >= 15 is 0 Å². The van der Waals surface area contributed by atoms with Crippen LogP contribution in [0.15, 0.2) is 42.5 Å². The van der Waals surface area contributed by atoms with Gasteiger partial charge in [0, 0.05) is 22.1 Å². The molecule has 2 rings (SSSR count). The Morgan fingerprint density at radius 1 is 1.08 bits per heavy atom. The summed E-state index contributed by atoms with van der Waals surface area (Å²) in [6, 6.07) is 10.6. The second-order valence-corrected chi connectivity index (χ2v) is 12.2. The number of ether oxygens (including phenoxy) is 1. The molecule has 0 unspecified atom stereocenters. The fourth-order valence-corrected chi connectivity index (χ4v) is 4.98. The topological polar surface area (TPSA) is 96.0 Å². The average molecular weight is 559 g/mol. The van der Waals surface area contributed by atoms with Crippen molar-refractivity contribution in [1.82, 2.24) is 10.2 Å². The predicted molar refractivity (Wildman–Crippen MR) is 144 cm³/mol. The third-order valence-corrected chi connectivity index (χ3v) is 6.76. The maximum absolute atomic E-state index is 13.7. The van der Waals surface area contributed by atoms with Crippen LogP contribution < -0.4 is 14.4 Å². The molecule has 1 atom stereocenters. The van der Waals surface area contributed by atoms with Crippen molar-refractivity contribution in [1.29, 1.82) is 0 Å². The smallest absolute Gasteiger partial charge is 0.244 e. The lowest BCUT2D eigenvalue weighted by Gasteiger charge is -2.34. The molecule has 2 aromatic carbocycles. The first-order valence-corrected chi connectivity index (χ1v) is 13.9. The fraction of sp³-hybridized carbons (Fsp3) is 0.440. The van der Waals surface area contributed by atoms with Gasteiger partial charge in [-0.2, -0.15) is 0 Å². The highest BCUT2D eigenvalue weighted by molar-refractivity contribution is 7.92. The summed E-state index contributed by atoms with van der Waals surface area (Å²) in [5, 5.41) is 3.37. The minimum absolute atomic E-state index is 0.0695. The van der Waals surface area contributed by atoms with Crippen LogP contribution in [0.25, 0.3) is 0 Å². The number of benzene rings is 2. The van der Waals surface area contributed by atoms with Gasteiger partial charge >= 0.3 is 0 Å². The summed E-state index contributed by atoms with van der Waals surface area (Å²) in [4.78, 5) is 28.3. The number of nitrogens with zero attached hydrogens (tertiary/aromatic N) is 2. The summed E-state index contributed by atoms with van der Waals surface area (Å²) >= 11 is 12.2. The van der Waals surface area contributed by atoms with E-state index in [4.69, 9.17) is 27.9 Å². The van der Waals surface area contributed by atoms with Crippen LogP contribution in [0.3, 0.4) is 0 Å². The first-order valence-electron chi connectivity index (χ1n) is 11.3. The van der Waals surface area contributed by atoms with E-state index in [0.29, 0.717) is 12.2 Å². The standard InChI is InChI=1S/C25H33Cl2N3O5S/c1-7-22(24(32)28-25(2,3)4)29(15-17-9-8-10-21(11-17)35-5)23(31)16-30(36(6,33)34)20-13-18(26)12-19(27)14-20/h8-14,22H,7,15-16H2,1-6H3,(H,28,32)/t22-/m1/s1. The molecule has 0 aliphatic rings. The minimum Gasteiger partial charge on any atom is -0.497 e. The lowest BCUT2D eigenvalue weighted by molar-refractivity contribution is -0.141. The SMILES string of the molecule is CC[C@H](C(=O)NC(C)(C)C)N(Cc1cccc(OC)c1)C(=O)CN(c1cc(Cl)cc(Cl)c1)S(C)(=O)=O. The minimum atomic E-state index is -3.90. The van der Waals surface area contributed by atoms with Gasteiger partial charge in [0.05, 0.1) is 19.1 Å². The van der Waals surface area contributed by atoms with E-state index in [-0.39, 0.29) is 28.2 Å². The van der Waals surface area contributed by atoms with Gasteiger partial charge in [-0.3, -0.25) is 13.9 Å². The molecular weight excluding hydrogens is 525 g/mol. The summed E-state index contributed by atoms with van der Waals surface area (Å²) in [6.07, 6.45) is 1.31. The van der Waals surface area contributed by atoms with E-state index in [1.807, 2.05) is 26.8 Å². The van der Waals surface area contributed by atoms with Gasteiger partial charge in [0.2, 0.25) is 21.8 Å². The molecule has 0 spiro atoms.